The van der Waals surface area contributed by atoms with Gasteiger partial charge >= 0.3 is 12.0 Å². The van der Waals surface area contributed by atoms with Crippen LogP contribution in [0.5, 0.6) is 0 Å². The summed E-state index contributed by atoms with van der Waals surface area (Å²) in [5.74, 6) is 5.44. The highest BCUT2D eigenvalue weighted by atomic mass is 16.5. The largest absolute Gasteiger partial charge is 0.464 e. The molecule has 0 bridgehead atoms. The van der Waals surface area contributed by atoms with Crippen molar-refractivity contribution in [2.75, 3.05) is 19.7 Å². The molecule has 1 aliphatic heterocycles. The number of hydrogen-bond acceptors (Lipinski definition) is 3. The Kier molecular flexibility index (Phi) is 5.84. The number of rotatable bonds is 3. The summed E-state index contributed by atoms with van der Waals surface area (Å²) in [4.78, 5) is 24.6. The standard InChI is InChI=1S/C17H20N2O3/c18-17(21)19-11-6-10-15(13-19)16(20)22-12-5-4-9-14-7-2-1-3-8-14/h1-3,7-8,15H,5-6,10-13H2,(H2,18,21). The molecule has 5 heteroatoms. The lowest BCUT2D eigenvalue weighted by Crippen LogP contribution is -2.45. The number of nitrogens with two attached hydrogens (primary N) is 1. The predicted molar refractivity (Wildman–Crippen MR) is 82.8 cm³/mol. The number of carbonyl (C=O) groups is 2. The van der Waals surface area contributed by atoms with E-state index in [1.165, 1.54) is 4.90 Å². The lowest BCUT2D eigenvalue weighted by atomic mass is 9.98. The number of esters is 1. The quantitative estimate of drug-likeness (QED) is 0.525. The summed E-state index contributed by atoms with van der Waals surface area (Å²) < 4.78 is 5.23. The van der Waals surface area contributed by atoms with Crippen LogP contribution in [0.15, 0.2) is 30.3 Å². The van der Waals surface area contributed by atoms with Gasteiger partial charge < -0.3 is 15.4 Å². The molecule has 0 radical (unpaired) electrons. The number of piperidine rings is 1. The van der Waals surface area contributed by atoms with E-state index in [0.717, 1.165) is 18.4 Å². The Morgan fingerprint density at radius 3 is 2.82 bits per heavy atom. The van der Waals surface area contributed by atoms with Crippen molar-refractivity contribution in [3.63, 3.8) is 0 Å². The zero-order valence-electron chi connectivity index (χ0n) is 12.5. The van der Waals surface area contributed by atoms with Gasteiger partial charge in [-0.1, -0.05) is 30.0 Å². The van der Waals surface area contributed by atoms with E-state index in [9.17, 15) is 9.59 Å². The third kappa shape index (κ3) is 4.81. The molecule has 0 aliphatic carbocycles. The lowest BCUT2D eigenvalue weighted by Gasteiger charge is -2.30. The second kappa shape index (κ2) is 8.08. The SMILES string of the molecule is NC(=O)N1CCCC(C(=O)OCCC#Cc2ccccc2)C1. The van der Waals surface area contributed by atoms with E-state index in [-0.39, 0.29) is 18.5 Å². The molecule has 1 aromatic carbocycles. The van der Waals surface area contributed by atoms with Crippen LogP contribution >= 0.6 is 0 Å². The van der Waals surface area contributed by atoms with Crippen LogP contribution in [-0.4, -0.2) is 36.6 Å². The molecule has 1 heterocycles. The second-order valence-electron chi connectivity index (χ2n) is 5.21. The van der Waals surface area contributed by atoms with Crippen molar-refractivity contribution in [1.82, 2.24) is 4.90 Å². The molecule has 1 fully saturated rings. The van der Waals surface area contributed by atoms with Crippen molar-refractivity contribution in [3.05, 3.63) is 35.9 Å². The zero-order chi connectivity index (χ0) is 15.8. The summed E-state index contributed by atoms with van der Waals surface area (Å²) in [5.41, 5.74) is 6.18. The summed E-state index contributed by atoms with van der Waals surface area (Å²) in [5, 5.41) is 0. The molecule has 2 N–H and O–H groups in total. The molecule has 1 saturated heterocycles. The Bertz CT molecular complexity index is 575. The number of nitrogens with zero attached hydrogens (tertiary/aromatic N) is 1. The first-order valence-electron chi connectivity index (χ1n) is 7.42. The highest BCUT2D eigenvalue weighted by molar-refractivity contribution is 5.76. The van der Waals surface area contributed by atoms with Gasteiger partial charge in [-0.25, -0.2) is 4.79 Å². The summed E-state index contributed by atoms with van der Waals surface area (Å²) in [6, 6.07) is 9.17. The molecule has 116 valence electrons. The molecular weight excluding hydrogens is 280 g/mol. The lowest BCUT2D eigenvalue weighted by molar-refractivity contribution is -0.149. The fraction of sp³-hybridized carbons (Fsp3) is 0.412. The van der Waals surface area contributed by atoms with Gasteiger partial charge in [-0.2, -0.15) is 0 Å². The molecular formula is C17H20N2O3. The monoisotopic (exact) mass is 300 g/mol. The first-order chi connectivity index (χ1) is 10.7. The number of ether oxygens (including phenoxy) is 1. The van der Waals surface area contributed by atoms with Crippen molar-refractivity contribution in [2.24, 2.45) is 11.7 Å². The van der Waals surface area contributed by atoms with Crippen molar-refractivity contribution >= 4 is 12.0 Å². The van der Waals surface area contributed by atoms with Crippen LogP contribution in [0, 0.1) is 17.8 Å². The van der Waals surface area contributed by atoms with Crippen LogP contribution in [0.1, 0.15) is 24.8 Å². The first kappa shape index (κ1) is 15.9. The maximum absolute atomic E-state index is 12.0. The van der Waals surface area contributed by atoms with E-state index in [1.807, 2.05) is 30.3 Å². The summed E-state index contributed by atoms with van der Waals surface area (Å²) >= 11 is 0. The fourth-order valence-electron chi connectivity index (χ4n) is 2.38. The number of likely N-dealkylation sites (tertiary alicyclic amines) is 1. The van der Waals surface area contributed by atoms with Gasteiger partial charge in [-0.15, -0.1) is 0 Å². The molecule has 0 aromatic heterocycles. The number of hydrogen-bond donors (Lipinski definition) is 1. The molecule has 1 aliphatic rings. The zero-order valence-corrected chi connectivity index (χ0v) is 12.5. The van der Waals surface area contributed by atoms with Crippen molar-refractivity contribution < 1.29 is 14.3 Å². The molecule has 0 spiro atoms. The molecule has 0 saturated carbocycles. The summed E-state index contributed by atoms with van der Waals surface area (Å²) in [6.45, 7) is 1.23. The molecule has 1 atom stereocenters. The molecule has 22 heavy (non-hydrogen) atoms. The average Bonchev–Trinajstić information content (AvgIpc) is 2.55. The maximum Gasteiger partial charge on any atom is 0.314 e. The molecule has 5 nitrogen and oxygen atoms in total. The number of primary amides is 1. The smallest absolute Gasteiger partial charge is 0.314 e. The van der Waals surface area contributed by atoms with Crippen molar-refractivity contribution in [3.8, 4) is 11.8 Å². The van der Waals surface area contributed by atoms with Crippen LogP contribution in [-0.2, 0) is 9.53 Å². The van der Waals surface area contributed by atoms with Gasteiger partial charge in [0.1, 0.15) is 6.61 Å². The first-order valence-corrected chi connectivity index (χ1v) is 7.42. The summed E-state index contributed by atoms with van der Waals surface area (Å²) in [6.07, 6.45) is 2.00. The van der Waals surface area contributed by atoms with Gasteiger partial charge in [0.25, 0.3) is 0 Å². The summed E-state index contributed by atoms with van der Waals surface area (Å²) in [7, 11) is 0. The number of benzene rings is 1. The third-order valence-electron chi connectivity index (χ3n) is 3.54. The molecule has 1 unspecified atom stereocenters. The van der Waals surface area contributed by atoms with E-state index in [0.29, 0.717) is 19.5 Å². The minimum absolute atomic E-state index is 0.270. The Morgan fingerprint density at radius 1 is 1.32 bits per heavy atom. The minimum Gasteiger partial charge on any atom is -0.464 e. The van der Waals surface area contributed by atoms with Gasteiger partial charge in [0.05, 0.1) is 5.92 Å². The molecule has 2 rings (SSSR count). The van der Waals surface area contributed by atoms with Crippen LogP contribution in [0.3, 0.4) is 0 Å². The van der Waals surface area contributed by atoms with E-state index in [1.54, 1.807) is 0 Å². The normalized spacial score (nSPS) is 17.3. The van der Waals surface area contributed by atoms with E-state index in [2.05, 4.69) is 11.8 Å². The van der Waals surface area contributed by atoms with Crippen LogP contribution < -0.4 is 5.73 Å². The highest BCUT2D eigenvalue weighted by Crippen LogP contribution is 2.17. The number of carbonyl (C=O) groups excluding carboxylic acids is 2. The van der Waals surface area contributed by atoms with Crippen molar-refractivity contribution in [2.45, 2.75) is 19.3 Å². The number of urea groups is 1. The van der Waals surface area contributed by atoms with E-state index in [4.69, 9.17) is 10.5 Å². The van der Waals surface area contributed by atoms with Gasteiger partial charge in [0, 0.05) is 25.1 Å². The van der Waals surface area contributed by atoms with Gasteiger partial charge in [-0.3, -0.25) is 4.79 Å². The average molecular weight is 300 g/mol. The van der Waals surface area contributed by atoms with Crippen LogP contribution in [0.2, 0.25) is 0 Å². The third-order valence-corrected chi connectivity index (χ3v) is 3.54. The Balaban J connectivity index is 1.72. The van der Waals surface area contributed by atoms with Gasteiger partial charge in [0.2, 0.25) is 0 Å². The van der Waals surface area contributed by atoms with Crippen LogP contribution in [0.4, 0.5) is 4.79 Å². The Hall–Kier alpha value is -2.48. The second-order valence-corrected chi connectivity index (χ2v) is 5.21. The highest BCUT2D eigenvalue weighted by Gasteiger charge is 2.28. The predicted octanol–water partition coefficient (Wildman–Crippen LogP) is 1.76. The fourth-order valence-corrected chi connectivity index (χ4v) is 2.38. The molecule has 2 amide bonds. The van der Waals surface area contributed by atoms with Crippen LogP contribution in [0.25, 0.3) is 0 Å². The Labute approximate surface area is 130 Å². The minimum atomic E-state index is -0.480. The Morgan fingerprint density at radius 2 is 2.09 bits per heavy atom. The van der Waals surface area contributed by atoms with Gasteiger partial charge in [0.15, 0.2) is 0 Å². The van der Waals surface area contributed by atoms with Gasteiger partial charge in [-0.05, 0) is 25.0 Å². The topological polar surface area (TPSA) is 72.6 Å². The van der Waals surface area contributed by atoms with E-state index < -0.39 is 6.03 Å². The maximum atomic E-state index is 12.0. The molecule has 1 aromatic rings. The number of amides is 2. The van der Waals surface area contributed by atoms with E-state index >= 15 is 0 Å². The van der Waals surface area contributed by atoms with Crippen molar-refractivity contribution in [1.29, 1.82) is 0 Å².